The maximum atomic E-state index is 5.89. The molecule has 0 radical (unpaired) electrons. The molecule has 0 aliphatic carbocycles. The molecule has 1 saturated heterocycles. The lowest BCUT2D eigenvalue weighted by atomic mass is 9.98. The van der Waals surface area contributed by atoms with E-state index in [0.717, 1.165) is 38.4 Å². The van der Waals surface area contributed by atoms with Gasteiger partial charge in [0, 0.05) is 19.1 Å². The Labute approximate surface area is 116 Å². The molecule has 19 heavy (non-hydrogen) atoms. The number of aryl methyl sites for hydroxylation is 1. The average Bonchev–Trinajstić information content (AvgIpc) is 2.75. The van der Waals surface area contributed by atoms with E-state index in [1.165, 1.54) is 11.1 Å². The normalized spacial score (nSPS) is 20.2. The Kier molecular flexibility index (Phi) is 4.83. The maximum Gasteiger partial charge on any atom is 0.119 e. The van der Waals surface area contributed by atoms with Gasteiger partial charge < -0.3 is 10.5 Å². The molecule has 0 aromatic heterocycles. The number of benzene rings is 1. The molecule has 1 fully saturated rings. The third-order valence-electron chi connectivity index (χ3n) is 3.85. The molecule has 0 bridgehead atoms. The minimum atomic E-state index is 0.354. The van der Waals surface area contributed by atoms with Crippen LogP contribution in [0, 0.1) is 6.92 Å². The molecule has 3 nitrogen and oxygen atoms in total. The fraction of sp³-hybridized carbons (Fsp3) is 0.625. The van der Waals surface area contributed by atoms with Crippen LogP contribution < -0.4 is 10.5 Å². The monoisotopic (exact) mass is 262 g/mol. The van der Waals surface area contributed by atoms with Crippen molar-refractivity contribution in [3.05, 3.63) is 29.3 Å². The van der Waals surface area contributed by atoms with Crippen molar-refractivity contribution in [2.24, 2.45) is 5.73 Å². The summed E-state index contributed by atoms with van der Waals surface area (Å²) in [4.78, 5) is 2.38. The summed E-state index contributed by atoms with van der Waals surface area (Å²) in [5.41, 5.74) is 8.61. The second kappa shape index (κ2) is 6.40. The highest BCUT2D eigenvalue weighted by molar-refractivity contribution is 5.36. The molecule has 1 aliphatic rings. The molecule has 3 heteroatoms. The van der Waals surface area contributed by atoms with Gasteiger partial charge in [-0.25, -0.2) is 0 Å². The summed E-state index contributed by atoms with van der Waals surface area (Å²) >= 11 is 0. The predicted octanol–water partition coefficient (Wildman–Crippen LogP) is 2.53. The van der Waals surface area contributed by atoms with Crippen molar-refractivity contribution in [1.82, 2.24) is 4.90 Å². The molecule has 106 valence electrons. The van der Waals surface area contributed by atoms with E-state index in [-0.39, 0.29) is 0 Å². The first kappa shape index (κ1) is 14.4. The molecular weight excluding hydrogens is 236 g/mol. The minimum absolute atomic E-state index is 0.354. The van der Waals surface area contributed by atoms with Crippen LogP contribution in [0.3, 0.4) is 0 Å². The number of rotatable bonds is 5. The van der Waals surface area contributed by atoms with Crippen LogP contribution in [0.1, 0.15) is 37.3 Å². The molecule has 2 rings (SSSR count). The van der Waals surface area contributed by atoms with Crippen molar-refractivity contribution in [3.63, 3.8) is 0 Å². The smallest absolute Gasteiger partial charge is 0.119 e. The number of ether oxygens (including phenoxy) is 1. The van der Waals surface area contributed by atoms with Gasteiger partial charge in [0.1, 0.15) is 12.4 Å². The molecule has 1 heterocycles. The van der Waals surface area contributed by atoms with Crippen molar-refractivity contribution in [1.29, 1.82) is 0 Å². The van der Waals surface area contributed by atoms with Gasteiger partial charge >= 0.3 is 0 Å². The van der Waals surface area contributed by atoms with E-state index >= 15 is 0 Å². The highest BCUT2D eigenvalue weighted by Gasteiger charge is 2.18. The lowest BCUT2D eigenvalue weighted by molar-refractivity contribution is 0.236. The van der Waals surface area contributed by atoms with Gasteiger partial charge in [0.25, 0.3) is 0 Å². The SMILES string of the molecule is Cc1cc(OCCN2CCC(N)C2)ccc1C(C)C. The number of nitrogens with two attached hydrogens (primary N) is 1. The molecule has 1 aliphatic heterocycles. The van der Waals surface area contributed by atoms with Gasteiger partial charge in [0.15, 0.2) is 0 Å². The molecule has 0 saturated carbocycles. The van der Waals surface area contributed by atoms with E-state index < -0.39 is 0 Å². The van der Waals surface area contributed by atoms with Gasteiger partial charge in [-0.05, 0) is 49.1 Å². The molecule has 2 N–H and O–H groups in total. The lowest BCUT2D eigenvalue weighted by Gasteiger charge is -2.16. The van der Waals surface area contributed by atoms with Crippen LogP contribution in [0.2, 0.25) is 0 Å². The van der Waals surface area contributed by atoms with Gasteiger partial charge in [0.05, 0.1) is 0 Å². The van der Waals surface area contributed by atoms with Gasteiger partial charge in [-0.15, -0.1) is 0 Å². The van der Waals surface area contributed by atoms with Crippen LogP contribution in [0.15, 0.2) is 18.2 Å². The zero-order valence-corrected chi connectivity index (χ0v) is 12.4. The van der Waals surface area contributed by atoms with Crippen molar-refractivity contribution in [3.8, 4) is 5.75 Å². The second-order valence-corrected chi connectivity index (χ2v) is 5.87. The van der Waals surface area contributed by atoms with Crippen LogP contribution in [-0.2, 0) is 0 Å². The van der Waals surface area contributed by atoms with Crippen molar-refractivity contribution in [2.45, 2.75) is 39.2 Å². The van der Waals surface area contributed by atoms with Crippen molar-refractivity contribution in [2.75, 3.05) is 26.2 Å². The third kappa shape index (κ3) is 3.95. The van der Waals surface area contributed by atoms with Crippen LogP contribution in [0.5, 0.6) is 5.75 Å². The van der Waals surface area contributed by atoms with Crippen LogP contribution >= 0.6 is 0 Å². The predicted molar refractivity (Wildman–Crippen MR) is 79.8 cm³/mol. The summed E-state index contributed by atoms with van der Waals surface area (Å²) in [6.45, 7) is 10.4. The highest BCUT2D eigenvalue weighted by atomic mass is 16.5. The van der Waals surface area contributed by atoms with E-state index in [2.05, 4.69) is 43.9 Å². The molecule has 1 unspecified atom stereocenters. The number of likely N-dealkylation sites (tertiary alicyclic amines) is 1. The van der Waals surface area contributed by atoms with Crippen LogP contribution in [-0.4, -0.2) is 37.2 Å². The zero-order valence-electron chi connectivity index (χ0n) is 12.4. The van der Waals surface area contributed by atoms with E-state index in [0.29, 0.717) is 12.0 Å². The fourth-order valence-corrected chi connectivity index (χ4v) is 2.74. The number of hydrogen-bond donors (Lipinski definition) is 1. The van der Waals surface area contributed by atoms with E-state index in [1.54, 1.807) is 0 Å². The van der Waals surface area contributed by atoms with Crippen molar-refractivity contribution >= 4 is 0 Å². The average molecular weight is 262 g/mol. The Balaban J connectivity index is 1.81. The maximum absolute atomic E-state index is 5.89. The molecule has 0 spiro atoms. The molecule has 1 aromatic carbocycles. The van der Waals surface area contributed by atoms with Gasteiger partial charge in [-0.1, -0.05) is 19.9 Å². The number of nitrogens with zero attached hydrogens (tertiary/aromatic N) is 1. The van der Waals surface area contributed by atoms with E-state index in [1.807, 2.05) is 0 Å². The molecular formula is C16H26N2O. The summed E-state index contributed by atoms with van der Waals surface area (Å²) in [7, 11) is 0. The third-order valence-corrected chi connectivity index (χ3v) is 3.85. The Morgan fingerprint density at radius 2 is 2.21 bits per heavy atom. The van der Waals surface area contributed by atoms with E-state index in [4.69, 9.17) is 10.5 Å². The second-order valence-electron chi connectivity index (χ2n) is 5.87. The number of hydrogen-bond acceptors (Lipinski definition) is 3. The highest BCUT2D eigenvalue weighted by Crippen LogP contribution is 2.23. The summed E-state index contributed by atoms with van der Waals surface area (Å²) in [5.74, 6) is 1.55. The standard InChI is InChI=1S/C16H26N2O/c1-12(2)16-5-4-15(10-13(16)3)19-9-8-18-7-6-14(17)11-18/h4-5,10,12,14H,6-9,11,17H2,1-3H3. The molecule has 1 atom stereocenters. The topological polar surface area (TPSA) is 38.5 Å². The van der Waals surface area contributed by atoms with Gasteiger partial charge in [0.2, 0.25) is 0 Å². The van der Waals surface area contributed by atoms with Crippen molar-refractivity contribution < 1.29 is 4.74 Å². The first-order valence-corrected chi connectivity index (χ1v) is 7.27. The molecule has 0 amide bonds. The zero-order chi connectivity index (χ0) is 13.8. The Bertz CT molecular complexity index is 417. The summed E-state index contributed by atoms with van der Waals surface area (Å²) in [6, 6.07) is 6.76. The Morgan fingerprint density at radius 3 is 2.79 bits per heavy atom. The quantitative estimate of drug-likeness (QED) is 0.886. The summed E-state index contributed by atoms with van der Waals surface area (Å²) in [5, 5.41) is 0. The summed E-state index contributed by atoms with van der Waals surface area (Å²) < 4.78 is 5.84. The fourth-order valence-electron chi connectivity index (χ4n) is 2.74. The molecule has 1 aromatic rings. The lowest BCUT2D eigenvalue weighted by Crippen LogP contribution is -2.29. The van der Waals surface area contributed by atoms with E-state index in [9.17, 15) is 0 Å². The first-order valence-electron chi connectivity index (χ1n) is 7.27. The van der Waals surface area contributed by atoms with Crippen LogP contribution in [0.25, 0.3) is 0 Å². The largest absolute Gasteiger partial charge is 0.492 e. The Morgan fingerprint density at radius 1 is 1.42 bits per heavy atom. The summed E-state index contributed by atoms with van der Waals surface area (Å²) in [6.07, 6.45) is 1.11. The Hall–Kier alpha value is -1.06. The van der Waals surface area contributed by atoms with Crippen LogP contribution in [0.4, 0.5) is 0 Å². The first-order chi connectivity index (χ1) is 9.06. The van der Waals surface area contributed by atoms with Gasteiger partial charge in [-0.3, -0.25) is 4.90 Å². The minimum Gasteiger partial charge on any atom is -0.492 e. The van der Waals surface area contributed by atoms with Gasteiger partial charge in [-0.2, -0.15) is 0 Å².